The number of rotatable bonds is 2. The van der Waals surface area contributed by atoms with E-state index in [-0.39, 0.29) is 5.91 Å². The average Bonchev–Trinajstić information content (AvgIpc) is 2.94. The molecule has 116 valence electrons. The molecule has 1 aliphatic rings. The van der Waals surface area contributed by atoms with Gasteiger partial charge in [-0.15, -0.1) is 0 Å². The third kappa shape index (κ3) is 2.73. The molecule has 0 unspecified atom stereocenters. The van der Waals surface area contributed by atoms with E-state index in [0.717, 1.165) is 18.7 Å². The molecule has 4 rings (SSSR count). The van der Waals surface area contributed by atoms with Crippen LogP contribution in [0.1, 0.15) is 11.3 Å². The van der Waals surface area contributed by atoms with Gasteiger partial charge in [0.15, 0.2) is 0 Å². The number of amides is 1. The van der Waals surface area contributed by atoms with E-state index in [4.69, 9.17) is 11.6 Å². The second-order valence-electron chi connectivity index (χ2n) is 5.96. The van der Waals surface area contributed by atoms with Gasteiger partial charge in [-0.2, -0.15) is 0 Å². The number of carbonyl (C=O) groups is 1. The predicted octanol–water partition coefficient (Wildman–Crippen LogP) is 3.88. The van der Waals surface area contributed by atoms with Crippen LogP contribution in [0.5, 0.6) is 0 Å². The summed E-state index contributed by atoms with van der Waals surface area (Å²) in [5, 5.41) is 1.94. The van der Waals surface area contributed by atoms with Gasteiger partial charge in [0.1, 0.15) is 0 Å². The predicted molar refractivity (Wildman–Crippen MR) is 92.5 cm³/mol. The molecule has 0 saturated carbocycles. The molecule has 1 aromatic heterocycles. The second-order valence-corrected chi connectivity index (χ2v) is 6.40. The molecule has 23 heavy (non-hydrogen) atoms. The lowest BCUT2D eigenvalue weighted by Gasteiger charge is -2.29. The second kappa shape index (κ2) is 5.74. The number of para-hydroxylation sites is 1. The fourth-order valence-electron chi connectivity index (χ4n) is 3.26. The smallest absolute Gasteiger partial charge is 0.227 e. The van der Waals surface area contributed by atoms with Crippen LogP contribution in [0.15, 0.2) is 54.6 Å². The summed E-state index contributed by atoms with van der Waals surface area (Å²) in [7, 11) is 0. The van der Waals surface area contributed by atoms with Crippen LogP contribution >= 0.6 is 11.6 Å². The van der Waals surface area contributed by atoms with Gasteiger partial charge in [0.05, 0.1) is 13.0 Å². The van der Waals surface area contributed by atoms with Crippen LogP contribution in [0.3, 0.4) is 0 Å². The molecular formula is C19H17ClN2O. The molecule has 0 saturated heterocycles. The first-order valence-corrected chi connectivity index (χ1v) is 8.18. The van der Waals surface area contributed by atoms with Crippen molar-refractivity contribution in [1.29, 1.82) is 0 Å². The van der Waals surface area contributed by atoms with Crippen LogP contribution in [0, 0.1) is 0 Å². The first-order valence-electron chi connectivity index (χ1n) is 7.80. The lowest BCUT2D eigenvalue weighted by atomic mass is 10.1. The van der Waals surface area contributed by atoms with Crippen molar-refractivity contribution in [2.75, 3.05) is 6.54 Å². The SMILES string of the molecule is O=C(Cc1ccc(Cl)cc1)N1CCn2c(cc3ccccc32)C1. The summed E-state index contributed by atoms with van der Waals surface area (Å²) in [5.74, 6) is 0.170. The number of aromatic nitrogens is 1. The zero-order chi connectivity index (χ0) is 15.8. The van der Waals surface area contributed by atoms with Crippen molar-refractivity contribution in [2.45, 2.75) is 19.5 Å². The fraction of sp³-hybridized carbons (Fsp3) is 0.211. The summed E-state index contributed by atoms with van der Waals surface area (Å²) in [6.07, 6.45) is 0.428. The highest BCUT2D eigenvalue weighted by atomic mass is 35.5. The van der Waals surface area contributed by atoms with E-state index < -0.39 is 0 Å². The quantitative estimate of drug-likeness (QED) is 0.702. The molecule has 0 spiro atoms. The van der Waals surface area contributed by atoms with E-state index in [1.165, 1.54) is 16.6 Å². The van der Waals surface area contributed by atoms with Crippen molar-refractivity contribution in [1.82, 2.24) is 9.47 Å². The number of carbonyl (C=O) groups excluding carboxylic acids is 1. The van der Waals surface area contributed by atoms with Crippen molar-refractivity contribution >= 4 is 28.4 Å². The highest BCUT2D eigenvalue weighted by molar-refractivity contribution is 6.30. The first kappa shape index (κ1) is 14.3. The number of hydrogen-bond donors (Lipinski definition) is 0. The highest BCUT2D eigenvalue weighted by Gasteiger charge is 2.22. The van der Waals surface area contributed by atoms with Crippen LogP contribution in [-0.2, 0) is 24.3 Å². The Labute approximate surface area is 140 Å². The van der Waals surface area contributed by atoms with Crippen molar-refractivity contribution in [3.63, 3.8) is 0 Å². The third-order valence-corrected chi connectivity index (χ3v) is 4.72. The molecule has 0 radical (unpaired) electrons. The Morgan fingerprint density at radius 2 is 1.83 bits per heavy atom. The van der Waals surface area contributed by atoms with Crippen molar-refractivity contribution < 1.29 is 4.79 Å². The first-order chi connectivity index (χ1) is 11.2. The van der Waals surface area contributed by atoms with Gasteiger partial charge in [0.2, 0.25) is 5.91 Å². The number of halogens is 1. The van der Waals surface area contributed by atoms with E-state index in [2.05, 4.69) is 34.9 Å². The molecule has 0 fully saturated rings. The standard InChI is InChI=1S/C19H17ClN2O/c20-16-7-5-14(6-8-16)11-19(23)21-9-10-22-17(13-21)12-15-3-1-2-4-18(15)22/h1-8,12H,9-11,13H2. The topological polar surface area (TPSA) is 25.2 Å². The molecule has 1 amide bonds. The zero-order valence-corrected chi connectivity index (χ0v) is 13.5. The van der Waals surface area contributed by atoms with Gasteiger partial charge < -0.3 is 9.47 Å². The number of hydrogen-bond acceptors (Lipinski definition) is 1. The molecule has 0 bridgehead atoms. The van der Waals surface area contributed by atoms with E-state index >= 15 is 0 Å². The van der Waals surface area contributed by atoms with Crippen LogP contribution in [-0.4, -0.2) is 21.9 Å². The summed E-state index contributed by atoms with van der Waals surface area (Å²) in [4.78, 5) is 14.5. The van der Waals surface area contributed by atoms with E-state index in [1.807, 2.05) is 29.2 Å². The zero-order valence-electron chi connectivity index (χ0n) is 12.7. The lowest BCUT2D eigenvalue weighted by Crippen LogP contribution is -2.38. The molecule has 2 heterocycles. The normalized spacial score (nSPS) is 14.0. The van der Waals surface area contributed by atoms with Crippen LogP contribution in [0.4, 0.5) is 0 Å². The van der Waals surface area contributed by atoms with Crippen LogP contribution in [0.25, 0.3) is 10.9 Å². The van der Waals surface area contributed by atoms with Crippen LogP contribution in [0.2, 0.25) is 5.02 Å². The lowest BCUT2D eigenvalue weighted by molar-refractivity contribution is -0.131. The summed E-state index contributed by atoms with van der Waals surface area (Å²) >= 11 is 5.89. The Morgan fingerprint density at radius 3 is 2.65 bits per heavy atom. The average molecular weight is 325 g/mol. The summed E-state index contributed by atoms with van der Waals surface area (Å²) in [6.45, 7) is 2.30. The minimum atomic E-state index is 0.170. The molecule has 0 aliphatic carbocycles. The molecule has 1 aliphatic heterocycles. The largest absolute Gasteiger partial charge is 0.341 e. The summed E-state index contributed by atoms with van der Waals surface area (Å²) in [5.41, 5.74) is 3.47. The summed E-state index contributed by atoms with van der Waals surface area (Å²) in [6, 6.07) is 18.1. The van der Waals surface area contributed by atoms with E-state index in [9.17, 15) is 4.79 Å². The number of benzene rings is 2. The van der Waals surface area contributed by atoms with Gasteiger partial charge in [0.25, 0.3) is 0 Å². The van der Waals surface area contributed by atoms with Crippen molar-refractivity contribution in [3.8, 4) is 0 Å². The molecular weight excluding hydrogens is 308 g/mol. The Morgan fingerprint density at radius 1 is 1.04 bits per heavy atom. The van der Waals surface area contributed by atoms with Gasteiger partial charge in [0, 0.05) is 29.3 Å². The molecule has 0 atom stereocenters. The molecule has 4 heteroatoms. The highest BCUT2D eigenvalue weighted by Crippen LogP contribution is 2.24. The minimum Gasteiger partial charge on any atom is -0.341 e. The van der Waals surface area contributed by atoms with Gasteiger partial charge >= 0.3 is 0 Å². The van der Waals surface area contributed by atoms with Crippen molar-refractivity contribution in [2.24, 2.45) is 0 Å². The van der Waals surface area contributed by atoms with Gasteiger partial charge in [-0.25, -0.2) is 0 Å². The van der Waals surface area contributed by atoms with Gasteiger partial charge in [-0.05, 0) is 35.2 Å². The Kier molecular flexibility index (Phi) is 3.58. The number of fused-ring (bicyclic) bond motifs is 3. The maximum Gasteiger partial charge on any atom is 0.227 e. The molecule has 3 aromatic rings. The van der Waals surface area contributed by atoms with Crippen LogP contribution < -0.4 is 0 Å². The van der Waals surface area contributed by atoms with Gasteiger partial charge in [-0.3, -0.25) is 4.79 Å². The Bertz CT molecular complexity index is 867. The number of nitrogens with zero attached hydrogens (tertiary/aromatic N) is 2. The van der Waals surface area contributed by atoms with Gasteiger partial charge in [-0.1, -0.05) is 41.9 Å². The monoisotopic (exact) mass is 324 g/mol. The van der Waals surface area contributed by atoms with Crippen molar-refractivity contribution in [3.05, 3.63) is 70.9 Å². The Hall–Kier alpha value is -2.26. The maximum absolute atomic E-state index is 12.6. The fourth-order valence-corrected chi connectivity index (χ4v) is 3.39. The Balaban J connectivity index is 1.53. The van der Waals surface area contributed by atoms with E-state index in [1.54, 1.807) is 0 Å². The summed E-state index contributed by atoms with van der Waals surface area (Å²) < 4.78 is 2.32. The third-order valence-electron chi connectivity index (χ3n) is 4.46. The van der Waals surface area contributed by atoms with E-state index in [0.29, 0.717) is 18.0 Å². The molecule has 3 nitrogen and oxygen atoms in total. The minimum absolute atomic E-state index is 0.170. The molecule has 2 aromatic carbocycles. The molecule has 0 N–H and O–H groups in total. The maximum atomic E-state index is 12.6.